The van der Waals surface area contributed by atoms with Gasteiger partial charge in [-0.2, -0.15) is 0 Å². The maximum atomic E-state index is 5.72. The van der Waals surface area contributed by atoms with E-state index in [-0.39, 0.29) is 0 Å². The van der Waals surface area contributed by atoms with Crippen molar-refractivity contribution in [1.29, 1.82) is 0 Å². The molecule has 0 radical (unpaired) electrons. The fraction of sp³-hybridized carbons (Fsp3) is 0.600. The van der Waals surface area contributed by atoms with Crippen molar-refractivity contribution in [1.82, 2.24) is 0 Å². The molecule has 1 rings (SSSR count). The molecule has 0 fully saturated rings. The first kappa shape index (κ1) is 15.8. The smallest absolute Gasteiger partial charge is 0.0701 e. The Morgan fingerprint density at radius 3 is 2.42 bits per heavy atom. The summed E-state index contributed by atoms with van der Waals surface area (Å²) >= 11 is 0. The Morgan fingerprint density at radius 1 is 1.05 bits per heavy atom. The Balaban J connectivity index is 2.44. The first-order valence-corrected chi connectivity index (χ1v) is 6.95. The van der Waals surface area contributed by atoms with E-state index < -0.39 is 0 Å². The average molecular weight is 266 g/mol. The third-order valence-electron chi connectivity index (χ3n) is 2.98. The summed E-state index contributed by atoms with van der Waals surface area (Å²) in [5, 5.41) is 0. The van der Waals surface area contributed by atoms with Crippen LogP contribution in [0.5, 0.6) is 0 Å². The van der Waals surface area contributed by atoms with Crippen LogP contribution in [0.1, 0.15) is 19.8 Å². The van der Waals surface area contributed by atoms with Gasteiger partial charge in [-0.05, 0) is 30.7 Å². The zero-order valence-corrected chi connectivity index (χ0v) is 12.1. The summed E-state index contributed by atoms with van der Waals surface area (Å²) in [5.74, 6) is 0. The highest BCUT2D eigenvalue weighted by atomic mass is 16.5. The molecule has 108 valence electrons. The number of anilines is 2. The maximum Gasteiger partial charge on any atom is 0.0701 e. The van der Waals surface area contributed by atoms with Gasteiger partial charge in [0.1, 0.15) is 0 Å². The summed E-state index contributed by atoms with van der Waals surface area (Å²) in [5.41, 5.74) is 7.73. The zero-order valence-electron chi connectivity index (χ0n) is 12.1. The van der Waals surface area contributed by atoms with E-state index in [0.29, 0.717) is 13.2 Å². The molecule has 19 heavy (non-hydrogen) atoms. The number of rotatable bonds is 10. The van der Waals surface area contributed by atoms with Crippen LogP contribution in [0.25, 0.3) is 0 Å². The molecule has 0 bridgehead atoms. The monoisotopic (exact) mass is 266 g/mol. The highest BCUT2D eigenvalue weighted by molar-refractivity contribution is 5.53. The quantitative estimate of drug-likeness (QED) is 0.522. The SMILES string of the molecule is CCCCN(CCOCCOC)c1ccc(N)cc1. The Hall–Kier alpha value is -1.26. The summed E-state index contributed by atoms with van der Waals surface area (Å²) in [6.45, 7) is 6.17. The van der Waals surface area contributed by atoms with E-state index >= 15 is 0 Å². The topological polar surface area (TPSA) is 47.7 Å². The number of ether oxygens (including phenoxy) is 2. The second-order valence-electron chi connectivity index (χ2n) is 4.54. The van der Waals surface area contributed by atoms with Crippen LogP contribution in [0.15, 0.2) is 24.3 Å². The molecular weight excluding hydrogens is 240 g/mol. The van der Waals surface area contributed by atoms with Gasteiger partial charge in [0.15, 0.2) is 0 Å². The van der Waals surface area contributed by atoms with E-state index in [4.69, 9.17) is 15.2 Å². The number of nitrogens with two attached hydrogens (primary N) is 1. The molecule has 0 aliphatic carbocycles. The fourth-order valence-corrected chi connectivity index (χ4v) is 1.82. The van der Waals surface area contributed by atoms with Crippen molar-refractivity contribution in [2.24, 2.45) is 0 Å². The number of nitrogen functional groups attached to an aromatic ring is 1. The minimum absolute atomic E-state index is 0.650. The molecule has 0 aromatic heterocycles. The van der Waals surface area contributed by atoms with Gasteiger partial charge in [-0.25, -0.2) is 0 Å². The molecule has 4 heteroatoms. The number of hydrogen-bond donors (Lipinski definition) is 1. The molecule has 1 aromatic rings. The van der Waals surface area contributed by atoms with Gasteiger partial charge >= 0.3 is 0 Å². The van der Waals surface area contributed by atoms with Gasteiger partial charge in [-0.3, -0.25) is 0 Å². The summed E-state index contributed by atoms with van der Waals surface area (Å²) in [4.78, 5) is 2.34. The summed E-state index contributed by atoms with van der Waals surface area (Å²) in [6.07, 6.45) is 2.37. The molecule has 0 aliphatic rings. The molecule has 0 amide bonds. The highest BCUT2D eigenvalue weighted by Gasteiger charge is 2.05. The van der Waals surface area contributed by atoms with E-state index in [0.717, 1.165) is 25.4 Å². The van der Waals surface area contributed by atoms with Crippen LogP contribution in [-0.2, 0) is 9.47 Å². The molecule has 4 nitrogen and oxygen atoms in total. The first-order valence-electron chi connectivity index (χ1n) is 6.95. The molecule has 1 aromatic carbocycles. The third-order valence-corrected chi connectivity index (χ3v) is 2.98. The summed E-state index contributed by atoms with van der Waals surface area (Å²) < 4.78 is 10.5. The Morgan fingerprint density at radius 2 is 1.79 bits per heavy atom. The molecule has 0 saturated heterocycles. The van der Waals surface area contributed by atoms with Crippen molar-refractivity contribution in [3.8, 4) is 0 Å². The summed E-state index contributed by atoms with van der Waals surface area (Å²) in [7, 11) is 1.69. The Labute approximate surface area is 116 Å². The minimum Gasteiger partial charge on any atom is -0.399 e. The van der Waals surface area contributed by atoms with Gasteiger partial charge in [0.2, 0.25) is 0 Å². The average Bonchev–Trinajstić information content (AvgIpc) is 2.43. The molecule has 0 atom stereocenters. The van der Waals surface area contributed by atoms with Crippen molar-refractivity contribution in [3.63, 3.8) is 0 Å². The van der Waals surface area contributed by atoms with Crippen LogP contribution in [-0.4, -0.2) is 40.0 Å². The lowest BCUT2D eigenvalue weighted by molar-refractivity contribution is 0.0740. The molecule has 0 heterocycles. The lowest BCUT2D eigenvalue weighted by Crippen LogP contribution is -2.28. The molecule has 2 N–H and O–H groups in total. The largest absolute Gasteiger partial charge is 0.399 e. The fourth-order valence-electron chi connectivity index (χ4n) is 1.82. The lowest BCUT2D eigenvalue weighted by Gasteiger charge is -2.24. The van der Waals surface area contributed by atoms with Gasteiger partial charge in [-0.15, -0.1) is 0 Å². The predicted octanol–water partition coefficient (Wildman–Crippen LogP) is 2.54. The number of hydrogen-bond acceptors (Lipinski definition) is 4. The molecule has 0 aliphatic heterocycles. The van der Waals surface area contributed by atoms with E-state index in [2.05, 4.69) is 24.0 Å². The van der Waals surface area contributed by atoms with E-state index in [1.165, 1.54) is 18.5 Å². The molecule has 0 saturated carbocycles. The Kier molecular flexibility index (Phi) is 8.02. The maximum absolute atomic E-state index is 5.72. The van der Waals surface area contributed by atoms with Crippen LogP contribution < -0.4 is 10.6 Å². The standard InChI is InChI=1S/C15H26N2O2/c1-3-4-9-17(10-11-19-13-12-18-2)15-7-5-14(16)6-8-15/h5-8H,3-4,9-13,16H2,1-2H3. The van der Waals surface area contributed by atoms with Crippen LogP contribution in [0.4, 0.5) is 11.4 Å². The Bertz CT molecular complexity index is 327. The van der Waals surface area contributed by atoms with Crippen molar-refractivity contribution >= 4 is 11.4 Å². The predicted molar refractivity (Wildman–Crippen MR) is 80.7 cm³/mol. The van der Waals surface area contributed by atoms with Crippen LogP contribution in [0.3, 0.4) is 0 Å². The highest BCUT2D eigenvalue weighted by Crippen LogP contribution is 2.16. The number of methoxy groups -OCH3 is 1. The van der Waals surface area contributed by atoms with Crippen molar-refractivity contribution in [2.45, 2.75) is 19.8 Å². The first-order chi connectivity index (χ1) is 9.27. The van der Waals surface area contributed by atoms with Crippen molar-refractivity contribution in [2.75, 3.05) is 50.7 Å². The van der Waals surface area contributed by atoms with Crippen molar-refractivity contribution < 1.29 is 9.47 Å². The number of nitrogens with zero attached hydrogens (tertiary/aromatic N) is 1. The number of unbranched alkanes of at least 4 members (excludes halogenated alkanes) is 1. The van der Waals surface area contributed by atoms with Gasteiger partial charge in [0.05, 0.1) is 19.8 Å². The van der Waals surface area contributed by atoms with E-state index in [9.17, 15) is 0 Å². The van der Waals surface area contributed by atoms with Gasteiger partial charge in [0, 0.05) is 31.6 Å². The van der Waals surface area contributed by atoms with Crippen LogP contribution in [0.2, 0.25) is 0 Å². The molecule has 0 unspecified atom stereocenters. The zero-order chi connectivity index (χ0) is 13.9. The van der Waals surface area contributed by atoms with E-state index in [1.807, 2.05) is 12.1 Å². The van der Waals surface area contributed by atoms with Crippen LogP contribution in [0, 0.1) is 0 Å². The van der Waals surface area contributed by atoms with Crippen molar-refractivity contribution in [3.05, 3.63) is 24.3 Å². The lowest BCUT2D eigenvalue weighted by atomic mass is 10.2. The second kappa shape index (κ2) is 9.64. The van der Waals surface area contributed by atoms with Crippen LogP contribution >= 0.6 is 0 Å². The second-order valence-corrected chi connectivity index (χ2v) is 4.54. The third kappa shape index (κ3) is 6.45. The normalized spacial score (nSPS) is 10.6. The molecular formula is C15H26N2O2. The molecule has 0 spiro atoms. The summed E-state index contributed by atoms with van der Waals surface area (Å²) in [6, 6.07) is 8.03. The van der Waals surface area contributed by atoms with Gasteiger partial charge in [-0.1, -0.05) is 13.3 Å². The van der Waals surface area contributed by atoms with E-state index in [1.54, 1.807) is 7.11 Å². The van der Waals surface area contributed by atoms with Gasteiger partial charge < -0.3 is 20.1 Å². The minimum atomic E-state index is 0.650. The van der Waals surface area contributed by atoms with Gasteiger partial charge in [0.25, 0.3) is 0 Å². The number of benzene rings is 1.